The van der Waals surface area contributed by atoms with Gasteiger partial charge in [0.2, 0.25) is 0 Å². The Labute approximate surface area is 113 Å². The fourth-order valence-electron chi connectivity index (χ4n) is 0.931. The zero-order valence-electron chi connectivity index (χ0n) is 11.7. The molecule has 0 aromatic heterocycles. The van der Waals surface area contributed by atoms with Crippen LogP contribution in [0, 0.1) is 0 Å². The predicted octanol–water partition coefficient (Wildman–Crippen LogP) is 1.23. The average Bonchev–Trinajstić information content (AvgIpc) is 2.23. The van der Waals surface area contributed by atoms with Crippen molar-refractivity contribution in [1.29, 1.82) is 0 Å². The first-order valence-electron chi connectivity index (χ1n) is 5.81. The zero-order chi connectivity index (χ0) is 15.2. The fourth-order valence-corrected chi connectivity index (χ4v) is 1.67. The Balaban J connectivity index is 4.99. The molecule has 0 aliphatic carbocycles. The minimum atomic E-state index is -3.99. The number of amides is 2. The number of nitrogens with one attached hydrogen (secondary N) is 1. The molecular weight excluding hydrogens is 276 g/mol. The number of carbonyl (C=O) groups excluding carboxylic acids is 2. The molecular formula is C10H20N2O6S. The van der Waals surface area contributed by atoms with E-state index in [2.05, 4.69) is 0 Å². The molecule has 9 heteroatoms. The highest BCUT2D eigenvalue weighted by Gasteiger charge is 2.30. The minimum absolute atomic E-state index is 0.151. The first-order chi connectivity index (χ1) is 8.60. The van der Waals surface area contributed by atoms with Crippen molar-refractivity contribution in [2.75, 3.05) is 5.75 Å². The number of hydrogen-bond donors (Lipinski definition) is 1. The highest BCUT2D eigenvalue weighted by Crippen LogP contribution is 2.04. The van der Waals surface area contributed by atoms with Crippen molar-refractivity contribution in [3.63, 3.8) is 0 Å². The molecule has 19 heavy (non-hydrogen) atoms. The first kappa shape index (κ1) is 17.5. The third kappa shape index (κ3) is 6.27. The fraction of sp³-hybridized carbons (Fsp3) is 0.800. The van der Waals surface area contributed by atoms with E-state index in [0.29, 0.717) is 0 Å². The summed E-state index contributed by atoms with van der Waals surface area (Å²) < 4.78 is 33.0. The number of hydrogen-bond acceptors (Lipinski definition) is 6. The van der Waals surface area contributed by atoms with E-state index in [0.717, 1.165) is 0 Å². The Kier molecular flexibility index (Phi) is 6.60. The molecule has 0 spiro atoms. The largest absolute Gasteiger partial charge is 0.446 e. The van der Waals surface area contributed by atoms with Gasteiger partial charge in [-0.2, -0.15) is 0 Å². The summed E-state index contributed by atoms with van der Waals surface area (Å²) in [7, 11) is -3.99. The Hall–Kier alpha value is -1.51. The van der Waals surface area contributed by atoms with Gasteiger partial charge in [0.05, 0.1) is 18.0 Å². The van der Waals surface area contributed by atoms with Crippen molar-refractivity contribution in [3.05, 3.63) is 0 Å². The second-order valence-electron chi connectivity index (χ2n) is 4.16. The average molecular weight is 296 g/mol. The maximum Gasteiger partial charge on any atom is 0.443 e. The molecule has 0 aliphatic heterocycles. The number of ether oxygens (including phenoxy) is 2. The normalized spacial score (nSPS) is 11.3. The van der Waals surface area contributed by atoms with Crippen LogP contribution in [0.25, 0.3) is 0 Å². The van der Waals surface area contributed by atoms with Crippen LogP contribution in [0.3, 0.4) is 0 Å². The quantitative estimate of drug-likeness (QED) is 0.783. The maximum atomic E-state index is 11.7. The van der Waals surface area contributed by atoms with Gasteiger partial charge in [-0.15, -0.1) is 4.41 Å². The number of sulfonamides is 1. The molecule has 0 heterocycles. The lowest BCUT2D eigenvalue weighted by atomic mass is 10.5. The van der Waals surface area contributed by atoms with Gasteiger partial charge in [0, 0.05) is 0 Å². The molecule has 0 saturated carbocycles. The van der Waals surface area contributed by atoms with Crippen LogP contribution in [-0.2, 0) is 19.5 Å². The van der Waals surface area contributed by atoms with Gasteiger partial charge in [-0.1, -0.05) is 0 Å². The molecule has 1 N–H and O–H groups in total. The monoisotopic (exact) mass is 296 g/mol. The zero-order valence-corrected chi connectivity index (χ0v) is 12.5. The van der Waals surface area contributed by atoms with Gasteiger partial charge in [-0.3, -0.25) is 0 Å². The second-order valence-corrected chi connectivity index (χ2v) is 6.27. The van der Waals surface area contributed by atoms with Gasteiger partial charge in [-0.25, -0.2) is 23.4 Å². The molecule has 0 unspecified atom stereocenters. The van der Waals surface area contributed by atoms with E-state index in [-0.39, 0.29) is 10.2 Å². The van der Waals surface area contributed by atoms with E-state index in [1.807, 2.05) is 5.43 Å². The molecule has 0 fully saturated rings. The number of hydrazine groups is 1. The molecule has 0 atom stereocenters. The summed E-state index contributed by atoms with van der Waals surface area (Å²) in [6.07, 6.45) is -3.21. The molecule has 0 aliphatic rings. The Morgan fingerprint density at radius 2 is 1.58 bits per heavy atom. The van der Waals surface area contributed by atoms with Gasteiger partial charge in [0.15, 0.2) is 0 Å². The van der Waals surface area contributed by atoms with Crippen LogP contribution in [0.4, 0.5) is 9.59 Å². The molecule has 0 aromatic rings. The molecule has 0 rings (SSSR count). The van der Waals surface area contributed by atoms with E-state index in [9.17, 15) is 18.0 Å². The lowest BCUT2D eigenvalue weighted by molar-refractivity contribution is 0.0716. The van der Waals surface area contributed by atoms with E-state index >= 15 is 0 Å². The van der Waals surface area contributed by atoms with Crippen LogP contribution in [0.15, 0.2) is 0 Å². The topological polar surface area (TPSA) is 102 Å². The van der Waals surface area contributed by atoms with Crippen molar-refractivity contribution < 1.29 is 27.5 Å². The molecule has 8 nitrogen and oxygen atoms in total. The summed E-state index contributed by atoms with van der Waals surface area (Å²) in [4.78, 5) is 23.0. The molecule has 112 valence electrons. The van der Waals surface area contributed by atoms with Crippen molar-refractivity contribution in [2.45, 2.75) is 46.8 Å². The third-order valence-corrected chi connectivity index (χ3v) is 3.21. The summed E-state index contributed by atoms with van der Waals surface area (Å²) >= 11 is 0. The predicted molar refractivity (Wildman–Crippen MR) is 67.7 cm³/mol. The minimum Gasteiger partial charge on any atom is -0.446 e. The van der Waals surface area contributed by atoms with Gasteiger partial charge in [0.25, 0.3) is 10.0 Å². The summed E-state index contributed by atoms with van der Waals surface area (Å²) in [5.41, 5.74) is 1.85. The van der Waals surface area contributed by atoms with Crippen LogP contribution in [0.1, 0.15) is 34.6 Å². The molecule has 0 aromatic carbocycles. The van der Waals surface area contributed by atoms with Crippen LogP contribution in [-0.4, -0.2) is 43.0 Å². The van der Waals surface area contributed by atoms with Crippen molar-refractivity contribution in [1.82, 2.24) is 9.84 Å². The second kappa shape index (κ2) is 7.17. The highest BCUT2D eigenvalue weighted by atomic mass is 32.2. The maximum absolute atomic E-state index is 11.7. The van der Waals surface area contributed by atoms with Crippen molar-refractivity contribution in [2.24, 2.45) is 0 Å². The standard InChI is InChI=1S/C10H20N2O6S/c1-6-19(15,16)12(10(14)18-8(4)5)11-9(13)17-7(2)3/h7-8H,6H2,1-5H3,(H,11,13). The van der Waals surface area contributed by atoms with Crippen LogP contribution in [0.5, 0.6) is 0 Å². The smallest absolute Gasteiger partial charge is 0.443 e. The highest BCUT2D eigenvalue weighted by molar-refractivity contribution is 7.89. The Morgan fingerprint density at radius 1 is 1.11 bits per heavy atom. The van der Waals surface area contributed by atoms with E-state index < -0.39 is 34.4 Å². The summed E-state index contributed by atoms with van der Waals surface area (Å²) in [6, 6.07) is 0. The SMILES string of the molecule is CCS(=O)(=O)N(NC(=O)OC(C)C)C(=O)OC(C)C. The Bertz CT molecular complexity index is 418. The van der Waals surface area contributed by atoms with E-state index in [1.54, 1.807) is 27.7 Å². The third-order valence-electron chi connectivity index (χ3n) is 1.68. The van der Waals surface area contributed by atoms with Gasteiger partial charge < -0.3 is 9.47 Å². The van der Waals surface area contributed by atoms with E-state index in [4.69, 9.17) is 9.47 Å². The van der Waals surface area contributed by atoms with Crippen LogP contribution < -0.4 is 5.43 Å². The van der Waals surface area contributed by atoms with Crippen LogP contribution >= 0.6 is 0 Å². The molecule has 0 bridgehead atoms. The van der Waals surface area contributed by atoms with Crippen molar-refractivity contribution >= 4 is 22.2 Å². The molecule has 0 radical (unpaired) electrons. The lowest BCUT2D eigenvalue weighted by Gasteiger charge is -2.22. The molecule has 2 amide bonds. The van der Waals surface area contributed by atoms with Gasteiger partial charge >= 0.3 is 12.2 Å². The summed E-state index contributed by atoms with van der Waals surface area (Å²) in [6.45, 7) is 7.62. The van der Waals surface area contributed by atoms with E-state index in [1.165, 1.54) is 6.92 Å². The van der Waals surface area contributed by atoms with Gasteiger partial charge in [-0.05, 0) is 34.6 Å². The molecule has 0 saturated heterocycles. The van der Waals surface area contributed by atoms with Crippen molar-refractivity contribution in [3.8, 4) is 0 Å². The lowest BCUT2D eigenvalue weighted by Crippen LogP contribution is -2.51. The first-order valence-corrected chi connectivity index (χ1v) is 7.42. The van der Waals surface area contributed by atoms with Crippen LogP contribution in [0.2, 0.25) is 0 Å². The van der Waals surface area contributed by atoms with Gasteiger partial charge in [0.1, 0.15) is 0 Å². The number of nitrogens with zero attached hydrogens (tertiary/aromatic N) is 1. The summed E-state index contributed by atoms with van der Waals surface area (Å²) in [5, 5.41) is 0. The summed E-state index contributed by atoms with van der Waals surface area (Å²) in [5.74, 6) is -0.373. The number of carbonyl (C=O) groups is 2. The number of rotatable bonds is 4. The Morgan fingerprint density at radius 3 is 1.95 bits per heavy atom.